The van der Waals surface area contributed by atoms with E-state index >= 15 is 0 Å². The Bertz CT molecular complexity index is 1430. The molecule has 0 aliphatic heterocycles. The Morgan fingerprint density at radius 2 is 1.94 bits per heavy atom. The van der Waals surface area contributed by atoms with E-state index < -0.39 is 0 Å². The van der Waals surface area contributed by atoms with E-state index in [0.717, 1.165) is 22.5 Å². The SMILES string of the molecule is Cc1c(-c2ccnc3cc(C(=O)Nc4ccn(Cc5ccc(Cl)cc5)n4)nn23)cnn1C. The largest absolute Gasteiger partial charge is 0.304 e. The zero-order valence-corrected chi connectivity index (χ0v) is 18.2. The van der Waals surface area contributed by atoms with E-state index in [9.17, 15) is 4.79 Å². The number of hydrogen-bond donors (Lipinski definition) is 1. The molecule has 1 aromatic carbocycles. The van der Waals surface area contributed by atoms with Crippen molar-refractivity contribution in [3.8, 4) is 11.3 Å². The number of anilines is 1. The standard InChI is InChI=1S/C22H19ClN8O/c1-14-17(12-25-29(14)2)19-7-9-24-21-11-18(27-31(19)21)22(32)26-20-8-10-30(28-20)13-15-3-5-16(23)6-4-15/h3-12H,13H2,1-2H3,(H,26,28,32). The summed E-state index contributed by atoms with van der Waals surface area (Å²) >= 11 is 5.93. The van der Waals surface area contributed by atoms with Crippen LogP contribution in [0.3, 0.4) is 0 Å². The van der Waals surface area contributed by atoms with Gasteiger partial charge in [0.15, 0.2) is 17.2 Å². The Hall–Kier alpha value is -3.98. The highest BCUT2D eigenvalue weighted by Gasteiger charge is 2.17. The van der Waals surface area contributed by atoms with Gasteiger partial charge in [0.1, 0.15) is 0 Å². The van der Waals surface area contributed by atoms with E-state index in [1.54, 1.807) is 44.6 Å². The fraction of sp³-hybridized carbons (Fsp3) is 0.136. The number of aromatic nitrogens is 7. The minimum Gasteiger partial charge on any atom is -0.304 e. The van der Waals surface area contributed by atoms with Crippen LogP contribution in [0.25, 0.3) is 16.9 Å². The number of carbonyl (C=O) groups is 1. The highest BCUT2D eigenvalue weighted by molar-refractivity contribution is 6.30. The monoisotopic (exact) mass is 446 g/mol. The van der Waals surface area contributed by atoms with Crippen molar-refractivity contribution >= 4 is 29.0 Å². The third-order valence-corrected chi connectivity index (χ3v) is 5.49. The molecule has 160 valence electrons. The summed E-state index contributed by atoms with van der Waals surface area (Å²) in [5.74, 6) is 0.0819. The van der Waals surface area contributed by atoms with Gasteiger partial charge in [-0.15, -0.1) is 0 Å². The van der Waals surface area contributed by atoms with Gasteiger partial charge in [-0.3, -0.25) is 14.2 Å². The van der Waals surface area contributed by atoms with Crippen LogP contribution in [0.2, 0.25) is 5.02 Å². The molecule has 0 fully saturated rings. The van der Waals surface area contributed by atoms with Crippen molar-refractivity contribution in [1.29, 1.82) is 0 Å². The summed E-state index contributed by atoms with van der Waals surface area (Å²) in [6, 6.07) is 12.8. The molecule has 9 nitrogen and oxygen atoms in total. The number of halogens is 1. The quantitative estimate of drug-likeness (QED) is 0.445. The zero-order valence-electron chi connectivity index (χ0n) is 17.4. The van der Waals surface area contributed by atoms with Crippen molar-refractivity contribution in [3.05, 3.63) is 83.0 Å². The van der Waals surface area contributed by atoms with Crippen LogP contribution >= 0.6 is 11.6 Å². The van der Waals surface area contributed by atoms with Crippen molar-refractivity contribution in [3.63, 3.8) is 0 Å². The molecule has 1 N–H and O–H groups in total. The van der Waals surface area contributed by atoms with Crippen molar-refractivity contribution < 1.29 is 4.79 Å². The second-order valence-corrected chi connectivity index (χ2v) is 7.81. The lowest BCUT2D eigenvalue weighted by Crippen LogP contribution is -2.13. The van der Waals surface area contributed by atoms with Gasteiger partial charge in [0.05, 0.1) is 18.4 Å². The van der Waals surface area contributed by atoms with E-state index in [4.69, 9.17) is 11.6 Å². The number of carbonyl (C=O) groups excluding carboxylic acids is 1. The number of aryl methyl sites for hydroxylation is 1. The first-order valence-corrected chi connectivity index (χ1v) is 10.3. The minimum absolute atomic E-state index is 0.249. The zero-order chi connectivity index (χ0) is 22.2. The van der Waals surface area contributed by atoms with Crippen LogP contribution in [-0.2, 0) is 13.6 Å². The van der Waals surface area contributed by atoms with Crippen LogP contribution in [0.4, 0.5) is 5.82 Å². The molecule has 0 saturated heterocycles. The average molecular weight is 447 g/mol. The summed E-state index contributed by atoms with van der Waals surface area (Å²) in [5, 5.41) is 16.7. The van der Waals surface area contributed by atoms with Gasteiger partial charge in [0.25, 0.3) is 5.91 Å². The fourth-order valence-electron chi connectivity index (χ4n) is 3.43. The topological polar surface area (TPSA) is 94.9 Å². The van der Waals surface area contributed by atoms with E-state index in [0.29, 0.717) is 23.0 Å². The molecule has 4 aromatic heterocycles. The van der Waals surface area contributed by atoms with Gasteiger partial charge < -0.3 is 5.32 Å². The summed E-state index contributed by atoms with van der Waals surface area (Å²) in [6.45, 7) is 2.55. The Morgan fingerprint density at radius 1 is 1.12 bits per heavy atom. The molecule has 1 amide bonds. The number of nitrogens with zero attached hydrogens (tertiary/aromatic N) is 7. The number of amides is 1. The van der Waals surface area contributed by atoms with Crippen LogP contribution in [0.5, 0.6) is 0 Å². The molecule has 0 spiro atoms. The van der Waals surface area contributed by atoms with E-state index in [1.807, 2.05) is 44.3 Å². The van der Waals surface area contributed by atoms with Gasteiger partial charge in [-0.25, -0.2) is 9.50 Å². The smallest absolute Gasteiger partial charge is 0.277 e. The van der Waals surface area contributed by atoms with E-state index in [1.165, 1.54) is 0 Å². The maximum atomic E-state index is 12.8. The first-order valence-electron chi connectivity index (χ1n) is 9.91. The lowest BCUT2D eigenvalue weighted by atomic mass is 10.2. The molecule has 32 heavy (non-hydrogen) atoms. The van der Waals surface area contributed by atoms with Crippen LogP contribution in [-0.4, -0.2) is 40.1 Å². The van der Waals surface area contributed by atoms with Crippen molar-refractivity contribution in [1.82, 2.24) is 34.2 Å². The van der Waals surface area contributed by atoms with Gasteiger partial charge in [-0.2, -0.15) is 15.3 Å². The summed E-state index contributed by atoms with van der Waals surface area (Å²) in [5.41, 5.74) is 4.61. The average Bonchev–Trinajstić information content (AvgIpc) is 3.49. The summed E-state index contributed by atoms with van der Waals surface area (Å²) in [4.78, 5) is 17.1. The van der Waals surface area contributed by atoms with Crippen LogP contribution in [0.1, 0.15) is 21.7 Å². The van der Waals surface area contributed by atoms with E-state index in [2.05, 4.69) is 25.6 Å². The number of fused-ring (bicyclic) bond motifs is 1. The molecule has 0 bridgehead atoms. The van der Waals surface area contributed by atoms with Crippen molar-refractivity contribution in [2.45, 2.75) is 13.5 Å². The van der Waals surface area contributed by atoms with Crippen LogP contribution < -0.4 is 5.32 Å². The van der Waals surface area contributed by atoms with Gasteiger partial charge in [0, 0.05) is 47.9 Å². The first kappa shape index (κ1) is 20.0. The maximum absolute atomic E-state index is 12.8. The summed E-state index contributed by atoms with van der Waals surface area (Å²) in [6.07, 6.45) is 5.27. The molecule has 10 heteroatoms. The Morgan fingerprint density at radius 3 is 2.69 bits per heavy atom. The van der Waals surface area contributed by atoms with Gasteiger partial charge >= 0.3 is 0 Å². The molecule has 0 radical (unpaired) electrons. The minimum atomic E-state index is -0.360. The molecular weight excluding hydrogens is 428 g/mol. The van der Waals surface area contributed by atoms with E-state index in [-0.39, 0.29) is 11.6 Å². The molecule has 0 aliphatic carbocycles. The van der Waals surface area contributed by atoms with Crippen LogP contribution in [0.15, 0.2) is 61.1 Å². The predicted molar refractivity (Wildman–Crippen MR) is 121 cm³/mol. The lowest BCUT2D eigenvalue weighted by Gasteiger charge is -2.04. The summed E-state index contributed by atoms with van der Waals surface area (Å²) in [7, 11) is 1.88. The molecule has 4 heterocycles. The highest BCUT2D eigenvalue weighted by atomic mass is 35.5. The Kier molecular flexibility index (Phi) is 4.95. The molecule has 5 aromatic rings. The molecule has 5 rings (SSSR count). The predicted octanol–water partition coefficient (Wildman–Crippen LogP) is 3.59. The Labute approximate surface area is 188 Å². The number of rotatable bonds is 5. The van der Waals surface area contributed by atoms with Gasteiger partial charge in [-0.1, -0.05) is 23.7 Å². The van der Waals surface area contributed by atoms with Crippen molar-refractivity contribution in [2.75, 3.05) is 5.32 Å². The van der Waals surface area contributed by atoms with Gasteiger partial charge in [-0.05, 0) is 30.7 Å². The second-order valence-electron chi connectivity index (χ2n) is 7.38. The maximum Gasteiger partial charge on any atom is 0.277 e. The fourth-order valence-corrected chi connectivity index (χ4v) is 3.56. The first-order chi connectivity index (χ1) is 15.5. The van der Waals surface area contributed by atoms with Crippen LogP contribution in [0, 0.1) is 6.92 Å². The highest BCUT2D eigenvalue weighted by Crippen LogP contribution is 2.23. The molecular formula is C22H19ClN8O. The van der Waals surface area contributed by atoms with Gasteiger partial charge in [0.2, 0.25) is 0 Å². The third-order valence-electron chi connectivity index (χ3n) is 5.24. The second kappa shape index (κ2) is 7.93. The molecule has 0 atom stereocenters. The molecule has 0 unspecified atom stereocenters. The molecule has 0 saturated carbocycles. The third kappa shape index (κ3) is 3.74. The van der Waals surface area contributed by atoms with Crippen molar-refractivity contribution in [2.24, 2.45) is 7.05 Å². The normalized spacial score (nSPS) is 11.2. The summed E-state index contributed by atoms with van der Waals surface area (Å²) < 4.78 is 5.19. The number of hydrogen-bond acceptors (Lipinski definition) is 5. The molecule has 0 aliphatic rings. The lowest BCUT2D eigenvalue weighted by molar-refractivity contribution is 0.102. The number of nitrogens with one attached hydrogen (secondary N) is 1. The number of benzene rings is 1. The Balaban J connectivity index is 1.36.